The van der Waals surface area contributed by atoms with E-state index in [1.54, 1.807) is 18.3 Å². The maximum Gasteiger partial charge on any atom is 0.252 e. The molecule has 0 saturated heterocycles. The van der Waals surface area contributed by atoms with Crippen molar-refractivity contribution >= 4 is 22.7 Å². The lowest BCUT2D eigenvalue weighted by atomic mass is 10.3. The van der Waals surface area contributed by atoms with Crippen LogP contribution in [0.4, 0.5) is 5.82 Å². The van der Waals surface area contributed by atoms with Gasteiger partial charge in [0.25, 0.3) is 5.24 Å². The molecule has 0 radical (unpaired) electrons. The Balaban J connectivity index is 3.04. The number of hydrogen-bond acceptors (Lipinski definition) is 3. The molecule has 1 heterocycles. The van der Waals surface area contributed by atoms with Gasteiger partial charge >= 0.3 is 0 Å². The molecule has 0 aliphatic carbocycles. The van der Waals surface area contributed by atoms with E-state index in [4.69, 9.17) is 11.6 Å². The Morgan fingerprint density at radius 3 is 2.75 bits per heavy atom. The third-order valence-corrected chi connectivity index (χ3v) is 1.65. The van der Waals surface area contributed by atoms with Crippen LogP contribution in [0.25, 0.3) is 0 Å². The minimum Gasteiger partial charge on any atom is -0.363 e. The Morgan fingerprint density at radius 2 is 2.25 bits per heavy atom. The van der Waals surface area contributed by atoms with E-state index < -0.39 is 5.24 Å². The fourth-order valence-corrected chi connectivity index (χ4v) is 0.903. The number of aromatic nitrogens is 1. The number of halogens is 1. The van der Waals surface area contributed by atoms with Crippen LogP contribution in [0.1, 0.15) is 10.4 Å². The number of hydrogen-bond donors (Lipinski definition) is 0. The van der Waals surface area contributed by atoms with E-state index in [2.05, 4.69) is 4.98 Å². The molecule has 0 bridgehead atoms. The van der Waals surface area contributed by atoms with Crippen LogP contribution in [0.5, 0.6) is 0 Å². The first-order chi connectivity index (χ1) is 5.61. The molecule has 3 nitrogen and oxygen atoms in total. The SMILES string of the molecule is CN(C)c1cc(C(=O)Cl)ccn1. The van der Waals surface area contributed by atoms with Gasteiger partial charge in [-0.25, -0.2) is 4.98 Å². The van der Waals surface area contributed by atoms with Crippen molar-refractivity contribution in [2.45, 2.75) is 0 Å². The van der Waals surface area contributed by atoms with Crippen molar-refractivity contribution in [3.8, 4) is 0 Å². The van der Waals surface area contributed by atoms with Crippen LogP contribution >= 0.6 is 11.6 Å². The summed E-state index contributed by atoms with van der Waals surface area (Å²) in [6.45, 7) is 0. The molecule has 0 fully saturated rings. The average Bonchev–Trinajstić information content (AvgIpc) is 2.04. The fraction of sp³-hybridized carbons (Fsp3) is 0.250. The number of carbonyl (C=O) groups is 1. The van der Waals surface area contributed by atoms with Gasteiger partial charge in [-0.2, -0.15) is 0 Å². The topological polar surface area (TPSA) is 33.2 Å². The van der Waals surface area contributed by atoms with E-state index in [9.17, 15) is 4.79 Å². The lowest BCUT2D eigenvalue weighted by Crippen LogP contribution is -2.10. The normalized spacial score (nSPS) is 9.58. The monoisotopic (exact) mass is 184 g/mol. The highest BCUT2D eigenvalue weighted by molar-refractivity contribution is 6.67. The summed E-state index contributed by atoms with van der Waals surface area (Å²) in [6, 6.07) is 3.23. The van der Waals surface area contributed by atoms with E-state index in [0.717, 1.165) is 5.82 Å². The van der Waals surface area contributed by atoms with Gasteiger partial charge in [-0.05, 0) is 23.7 Å². The lowest BCUT2D eigenvalue weighted by Gasteiger charge is -2.10. The summed E-state index contributed by atoms with van der Waals surface area (Å²) >= 11 is 5.29. The zero-order valence-corrected chi connectivity index (χ0v) is 7.67. The number of carbonyl (C=O) groups excluding carboxylic acids is 1. The smallest absolute Gasteiger partial charge is 0.252 e. The quantitative estimate of drug-likeness (QED) is 0.654. The van der Waals surface area contributed by atoms with Crippen LogP contribution in [-0.4, -0.2) is 24.3 Å². The molecule has 64 valence electrons. The van der Waals surface area contributed by atoms with Crippen molar-refractivity contribution in [1.82, 2.24) is 4.98 Å². The Labute approximate surface area is 76.0 Å². The Kier molecular flexibility index (Phi) is 2.65. The van der Waals surface area contributed by atoms with E-state index >= 15 is 0 Å². The zero-order valence-electron chi connectivity index (χ0n) is 6.91. The van der Waals surface area contributed by atoms with Crippen molar-refractivity contribution in [3.05, 3.63) is 23.9 Å². The molecule has 0 atom stereocenters. The number of anilines is 1. The minimum atomic E-state index is -0.458. The highest BCUT2D eigenvalue weighted by Crippen LogP contribution is 2.10. The summed E-state index contributed by atoms with van der Waals surface area (Å²) < 4.78 is 0. The van der Waals surface area contributed by atoms with Gasteiger partial charge in [-0.3, -0.25) is 4.79 Å². The predicted molar refractivity (Wildman–Crippen MR) is 48.7 cm³/mol. The predicted octanol–water partition coefficient (Wildman–Crippen LogP) is 1.53. The molecule has 0 N–H and O–H groups in total. The molecule has 0 amide bonds. The van der Waals surface area contributed by atoms with Gasteiger partial charge in [-0.15, -0.1) is 0 Å². The van der Waals surface area contributed by atoms with Crippen molar-refractivity contribution in [2.75, 3.05) is 19.0 Å². The molecule has 0 aliphatic rings. The standard InChI is InChI=1S/C8H9ClN2O/c1-11(2)7-5-6(8(9)12)3-4-10-7/h3-5H,1-2H3. The number of rotatable bonds is 2. The molecule has 4 heteroatoms. The first kappa shape index (κ1) is 9.00. The summed E-state index contributed by atoms with van der Waals surface area (Å²) in [7, 11) is 3.70. The second-order valence-electron chi connectivity index (χ2n) is 2.57. The van der Waals surface area contributed by atoms with Crippen LogP contribution in [0.2, 0.25) is 0 Å². The molecule has 0 aromatic carbocycles. The maximum atomic E-state index is 10.7. The Morgan fingerprint density at radius 1 is 1.58 bits per heavy atom. The molecule has 0 saturated carbocycles. The van der Waals surface area contributed by atoms with Crippen molar-refractivity contribution in [1.29, 1.82) is 0 Å². The molecule has 0 spiro atoms. The van der Waals surface area contributed by atoms with Gasteiger partial charge in [0.15, 0.2) is 0 Å². The number of nitrogens with zero attached hydrogens (tertiary/aromatic N) is 2. The van der Waals surface area contributed by atoms with Gasteiger partial charge in [0.05, 0.1) is 0 Å². The Hall–Kier alpha value is -1.09. The molecular weight excluding hydrogens is 176 g/mol. The van der Waals surface area contributed by atoms with E-state index in [1.807, 2.05) is 19.0 Å². The Bertz CT molecular complexity index is 299. The van der Waals surface area contributed by atoms with Crippen LogP contribution in [0.3, 0.4) is 0 Å². The number of pyridine rings is 1. The van der Waals surface area contributed by atoms with Crippen molar-refractivity contribution < 1.29 is 4.79 Å². The molecule has 12 heavy (non-hydrogen) atoms. The highest BCUT2D eigenvalue weighted by Gasteiger charge is 2.03. The second kappa shape index (κ2) is 3.54. The van der Waals surface area contributed by atoms with E-state index in [-0.39, 0.29) is 0 Å². The molecule has 1 rings (SSSR count). The molecule has 1 aromatic heterocycles. The van der Waals surface area contributed by atoms with Gasteiger partial charge in [-0.1, -0.05) is 0 Å². The van der Waals surface area contributed by atoms with Crippen molar-refractivity contribution in [2.24, 2.45) is 0 Å². The highest BCUT2D eigenvalue weighted by atomic mass is 35.5. The van der Waals surface area contributed by atoms with Crippen LogP contribution in [0, 0.1) is 0 Å². The fourth-order valence-electron chi connectivity index (χ4n) is 0.785. The minimum absolute atomic E-state index is 0.458. The molecule has 1 aromatic rings. The molecular formula is C8H9ClN2O. The van der Waals surface area contributed by atoms with Gasteiger partial charge in [0.2, 0.25) is 0 Å². The van der Waals surface area contributed by atoms with Crippen molar-refractivity contribution in [3.63, 3.8) is 0 Å². The van der Waals surface area contributed by atoms with E-state index in [1.165, 1.54) is 0 Å². The van der Waals surface area contributed by atoms with Crippen LogP contribution < -0.4 is 4.90 Å². The van der Waals surface area contributed by atoms with Crippen LogP contribution in [0.15, 0.2) is 18.3 Å². The van der Waals surface area contributed by atoms with Gasteiger partial charge in [0, 0.05) is 25.9 Å². The first-order valence-electron chi connectivity index (χ1n) is 3.44. The van der Waals surface area contributed by atoms with Crippen LogP contribution in [-0.2, 0) is 0 Å². The summed E-state index contributed by atoms with van der Waals surface area (Å²) in [5.41, 5.74) is 0.468. The molecule has 0 unspecified atom stereocenters. The zero-order chi connectivity index (χ0) is 9.14. The first-order valence-corrected chi connectivity index (χ1v) is 3.82. The second-order valence-corrected chi connectivity index (χ2v) is 2.91. The third kappa shape index (κ3) is 1.95. The summed E-state index contributed by atoms with van der Waals surface area (Å²) in [4.78, 5) is 16.6. The largest absolute Gasteiger partial charge is 0.363 e. The van der Waals surface area contributed by atoms with Gasteiger partial charge < -0.3 is 4.90 Å². The van der Waals surface area contributed by atoms with Gasteiger partial charge in [0.1, 0.15) is 5.82 Å². The third-order valence-electron chi connectivity index (χ3n) is 1.43. The average molecular weight is 185 g/mol. The summed E-state index contributed by atoms with van der Waals surface area (Å²) in [5, 5.41) is -0.458. The summed E-state index contributed by atoms with van der Waals surface area (Å²) in [6.07, 6.45) is 1.56. The summed E-state index contributed by atoms with van der Waals surface area (Å²) in [5.74, 6) is 0.724. The maximum absolute atomic E-state index is 10.7. The van der Waals surface area contributed by atoms with E-state index in [0.29, 0.717) is 5.56 Å². The lowest BCUT2D eigenvalue weighted by molar-refractivity contribution is 0.108. The molecule has 0 aliphatic heterocycles.